The van der Waals surface area contributed by atoms with E-state index in [9.17, 15) is 14.4 Å². The highest BCUT2D eigenvalue weighted by molar-refractivity contribution is 5.87. The number of aromatic carboxylic acids is 1. The van der Waals surface area contributed by atoms with E-state index >= 15 is 0 Å². The number of likely N-dealkylation sites (tertiary alicyclic amines) is 1. The molecule has 1 saturated heterocycles. The van der Waals surface area contributed by atoms with E-state index in [4.69, 9.17) is 5.11 Å². The third-order valence-electron chi connectivity index (χ3n) is 3.88. The van der Waals surface area contributed by atoms with Crippen molar-refractivity contribution in [2.24, 2.45) is 5.92 Å². The summed E-state index contributed by atoms with van der Waals surface area (Å²) in [6.07, 6.45) is 0.666. The van der Waals surface area contributed by atoms with Gasteiger partial charge in [0, 0.05) is 33.7 Å². The van der Waals surface area contributed by atoms with Crippen LogP contribution in [0, 0.1) is 5.92 Å². The molecule has 0 radical (unpaired) electrons. The summed E-state index contributed by atoms with van der Waals surface area (Å²) in [5.41, 5.74) is 0.910. The third-order valence-corrected chi connectivity index (χ3v) is 3.88. The second-order valence-electron chi connectivity index (χ2n) is 5.83. The van der Waals surface area contributed by atoms with E-state index in [0.717, 1.165) is 5.56 Å². The minimum Gasteiger partial charge on any atom is -0.478 e. The summed E-state index contributed by atoms with van der Waals surface area (Å²) < 4.78 is 0. The molecule has 124 valence electrons. The fourth-order valence-electron chi connectivity index (χ4n) is 2.62. The van der Waals surface area contributed by atoms with Crippen LogP contribution >= 0.6 is 0 Å². The Morgan fingerprint density at radius 1 is 1.35 bits per heavy atom. The lowest BCUT2D eigenvalue weighted by Crippen LogP contribution is -2.39. The lowest BCUT2D eigenvalue weighted by Gasteiger charge is -2.19. The van der Waals surface area contributed by atoms with Gasteiger partial charge in [-0.2, -0.15) is 0 Å². The number of carboxylic acids is 1. The summed E-state index contributed by atoms with van der Waals surface area (Å²) in [6.45, 7) is 1.21. The molecule has 23 heavy (non-hydrogen) atoms. The molecular formula is C16H21N3O4. The Labute approximate surface area is 134 Å². The van der Waals surface area contributed by atoms with Gasteiger partial charge in [0.05, 0.1) is 11.5 Å². The molecule has 0 aromatic heterocycles. The molecule has 1 aromatic carbocycles. The van der Waals surface area contributed by atoms with Crippen molar-refractivity contribution in [2.45, 2.75) is 13.0 Å². The molecule has 7 nitrogen and oxygen atoms in total. The zero-order valence-electron chi connectivity index (χ0n) is 13.3. The standard InChI is InChI=1S/C16H21N3O4/c1-18(2)14(20)13-6-7-19(10-13)16(23)17-9-11-4-3-5-12(8-11)15(21)22/h3-5,8,13H,6-7,9-10H2,1-2H3,(H,17,23)(H,21,22). The van der Waals surface area contributed by atoms with Crippen LogP contribution in [0.4, 0.5) is 4.79 Å². The van der Waals surface area contributed by atoms with Gasteiger partial charge in [-0.15, -0.1) is 0 Å². The van der Waals surface area contributed by atoms with Gasteiger partial charge in [-0.1, -0.05) is 12.1 Å². The highest BCUT2D eigenvalue weighted by Gasteiger charge is 2.31. The Bertz CT molecular complexity index is 615. The first-order valence-electron chi connectivity index (χ1n) is 7.44. The number of hydrogen-bond donors (Lipinski definition) is 2. The maximum absolute atomic E-state index is 12.1. The van der Waals surface area contributed by atoms with E-state index in [0.29, 0.717) is 19.5 Å². The van der Waals surface area contributed by atoms with Gasteiger partial charge in [-0.25, -0.2) is 9.59 Å². The van der Waals surface area contributed by atoms with Crippen molar-refractivity contribution in [3.63, 3.8) is 0 Å². The van der Waals surface area contributed by atoms with Crippen molar-refractivity contribution in [2.75, 3.05) is 27.2 Å². The van der Waals surface area contributed by atoms with E-state index in [1.807, 2.05) is 0 Å². The number of hydrogen-bond acceptors (Lipinski definition) is 3. The Hall–Kier alpha value is -2.57. The fraction of sp³-hybridized carbons (Fsp3) is 0.438. The molecule has 2 rings (SSSR count). The largest absolute Gasteiger partial charge is 0.478 e. The number of benzene rings is 1. The van der Waals surface area contributed by atoms with E-state index in [2.05, 4.69) is 5.32 Å². The van der Waals surface area contributed by atoms with Crippen LogP contribution in [-0.2, 0) is 11.3 Å². The predicted molar refractivity (Wildman–Crippen MR) is 84.0 cm³/mol. The van der Waals surface area contributed by atoms with Crippen LogP contribution in [0.1, 0.15) is 22.3 Å². The number of rotatable bonds is 4. The molecule has 1 unspecified atom stereocenters. The van der Waals surface area contributed by atoms with E-state index < -0.39 is 5.97 Å². The van der Waals surface area contributed by atoms with E-state index in [1.54, 1.807) is 36.0 Å². The van der Waals surface area contributed by atoms with Crippen LogP contribution in [0.25, 0.3) is 0 Å². The number of nitrogens with one attached hydrogen (secondary N) is 1. The van der Waals surface area contributed by atoms with Gasteiger partial charge in [0.1, 0.15) is 0 Å². The summed E-state index contributed by atoms with van der Waals surface area (Å²) in [4.78, 5) is 38.1. The lowest BCUT2D eigenvalue weighted by molar-refractivity contribution is -0.132. The van der Waals surface area contributed by atoms with Crippen molar-refractivity contribution in [1.82, 2.24) is 15.1 Å². The number of nitrogens with zero attached hydrogens (tertiary/aromatic N) is 2. The molecule has 3 amide bonds. The van der Waals surface area contributed by atoms with Crippen molar-refractivity contribution in [3.05, 3.63) is 35.4 Å². The van der Waals surface area contributed by atoms with E-state index in [-0.39, 0.29) is 30.0 Å². The van der Waals surface area contributed by atoms with Gasteiger partial charge in [-0.05, 0) is 24.1 Å². The average Bonchev–Trinajstić information content (AvgIpc) is 3.01. The first kappa shape index (κ1) is 16.8. The average molecular weight is 319 g/mol. The Kier molecular flexibility index (Phi) is 5.20. The fourth-order valence-corrected chi connectivity index (χ4v) is 2.62. The monoisotopic (exact) mass is 319 g/mol. The summed E-state index contributed by atoms with van der Waals surface area (Å²) >= 11 is 0. The molecule has 0 saturated carbocycles. The molecule has 1 aromatic rings. The molecule has 7 heteroatoms. The molecule has 1 aliphatic rings. The Morgan fingerprint density at radius 2 is 2.09 bits per heavy atom. The summed E-state index contributed by atoms with van der Waals surface area (Å²) in [5.74, 6) is -1.11. The number of carbonyl (C=O) groups is 3. The SMILES string of the molecule is CN(C)C(=O)C1CCN(C(=O)NCc2cccc(C(=O)O)c2)C1. The summed E-state index contributed by atoms with van der Waals surface area (Å²) in [7, 11) is 3.42. The van der Waals surface area contributed by atoms with Crippen LogP contribution in [0.3, 0.4) is 0 Å². The summed E-state index contributed by atoms with van der Waals surface area (Å²) in [6, 6.07) is 6.21. The first-order valence-corrected chi connectivity index (χ1v) is 7.44. The lowest BCUT2D eigenvalue weighted by atomic mass is 10.1. The van der Waals surface area contributed by atoms with Gasteiger partial charge in [-0.3, -0.25) is 4.79 Å². The third kappa shape index (κ3) is 4.21. The van der Waals surface area contributed by atoms with Crippen molar-refractivity contribution in [3.8, 4) is 0 Å². The number of carbonyl (C=O) groups excluding carboxylic acids is 2. The normalized spacial score (nSPS) is 17.0. The molecule has 1 atom stereocenters. The van der Waals surface area contributed by atoms with Crippen molar-refractivity contribution < 1.29 is 19.5 Å². The number of carboxylic acid groups (broad SMARTS) is 1. The van der Waals surface area contributed by atoms with Crippen LogP contribution < -0.4 is 5.32 Å². The quantitative estimate of drug-likeness (QED) is 0.866. The predicted octanol–water partition coefficient (Wildman–Crippen LogP) is 1.00. The first-order chi connectivity index (χ1) is 10.9. The molecule has 1 aliphatic heterocycles. The highest BCUT2D eigenvalue weighted by atomic mass is 16.4. The van der Waals surface area contributed by atoms with Crippen molar-refractivity contribution >= 4 is 17.9 Å². The van der Waals surface area contributed by atoms with E-state index in [1.165, 1.54) is 12.1 Å². The second-order valence-corrected chi connectivity index (χ2v) is 5.83. The zero-order valence-corrected chi connectivity index (χ0v) is 13.3. The minimum absolute atomic E-state index is 0.0365. The van der Waals surface area contributed by atoms with Gasteiger partial charge < -0.3 is 20.2 Å². The topological polar surface area (TPSA) is 90.0 Å². The van der Waals surface area contributed by atoms with Crippen LogP contribution in [0.15, 0.2) is 24.3 Å². The molecule has 0 bridgehead atoms. The molecule has 0 aliphatic carbocycles. The summed E-state index contributed by atoms with van der Waals surface area (Å²) in [5, 5.41) is 11.7. The van der Waals surface area contributed by atoms with Crippen molar-refractivity contribution in [1.29, 1.82) is 0 Å². The molecule has 0 spiro atoms. The molecular weight excluding hydrogens is 298 g/mol. The number of amides is 3. The Morgan fingerprint density at radius 3 is 2.74 bits per heavy atom. The molecule has 2 N–H and O–H groups in total. The number of urea groups is 1. The van der Waals surface area contributed by atoms with Crippen LogP contribution in [0.2, 0.25) is 0 Å². The van der Waals surface area contributed by atoms with Gasteiger partial charge in [0.2, 0.25) is 5.91 Å². The van der Waals surface area contributed by atoms with Gasteiger partial charge in [0.25, 0.3) is 0 Å². The highest BCUT2D eigenvalue weighted by Crippen LogP contribution is 2.18. The second kappa shape index (κ2) is 7.13. The van der Waals surface area contributed by atoms with Gasteiger partial charge in [0.15, 0.2) is 0 Å². The van der Waals surface area contributed by atoms with Gasteiger partial charge >= 0.3 is 12.0 Å². The Balaban J connectivity index is 1.87. The zero-order chi connectivity index (χ0) is 17.0. The molecule has 1 fully saturated rings. The smallest absolute Gasteiger partial charge is 0.335 e. The molecule has 1 heterocycles. The van der Waals surface area contributed by atoms with Crippen LogP contribution in [-0.4, -0.2) is 60.0 Å². The maximum Gasteiger partial charge on any atom is 0.335 e. The maximum atomic E-state index is 12.1. The minimum atomic E-state index is -0.997. The van der Waals surface area contributed by atoms with Crippen LogP contribution in [0.5, 0.6) is 0 Å².